The lowest BCUT2D eigenvalue weighted by atomic mass is 9.77. The van der Waals surface area contributed by atoms with Crippen molar-refractivity contribution in [1.82, 2.24) is 4.72 Å². The maximum atomic E-state index is 12.5. The second-order valence-electron chi connectivity index (χ2n) is 6.96. The Morgan fingerprint density at radius 3 is 1.83 bits per heavy atom. The molecule has 2 N–H and O–H groups in total. The van der Waals surface area contributed by atoms with Crippen LogP contribution in [0.2, 0.25) is 0 Å². The fourth-order valence-electron chi connectivity index (χ4n) is 2.52. The first-order chi connectivity index (χ1) is 7.91. The Balaban J connectivity index is 3.04. The van der Waals surface area contributed by atoms with Gasteiger partial charge in [-0.3, -0.25) is 0 Å². The molecule has 0 radical (unpaired) electrons. The molecule has 0 aromatic rings. The molecule has 0 saturated heterocycles. The van der Waals surface area contributed by atoms with E-state index in [1.165, 1.54) is 0 Å². The Morgan fingerprint density at radius 2 is 1.44 bits per heavy atom. The van der Waals surface area contributed by atoms with Gasteiger partial charge in [0.05, 0.1) is 5.60 Å². The third-order valence-electron chi connectivity index (χ3n) is 3.91. The van der Waals surface area contributed by atoms with Gasteiger partial charge in [-0.2, -0.15) is 0 Å². The maximum absolute atomic E-state index is 12.5. The van der Waals surface area contributed by atoms with E-state index in [-0.39, 0.29) is 0 Å². The van der Waals surface area contributed by atoms with Gasteiger partial charge in [-0.25, -0.2) is 13.1 Å². The van der Waals surface area contributed by atoms with Gasteiger partial charge in [0.1, 0.15) is 4.75 Å². The van der Waals surface area contributed by atoms with Gasteiger partial charge >= 0.3 is 0 Å². The van der Waals surface area contributed by atoms with Gasteiger partial charge in [-0.05, 0) is 47.5 Å². The van der Waals surface area contributed by atoms with E-state index in [9.17, 15) is 13.5 Å². The molecule has 1 saturated carbocycles. The highest BCUT2D eigenvalue weighted by Gasteiger charge is 2.53. The highest BCUT2D eigenvalue weighted by Crippen LogP contribution is 2.41. The fraction of sp³-hybridized carbons (Fsp3) is 1.00. The van der Waals surface area contributed by atoms with E-state index in [4.69, 9.17) is 0 Å². The number of rotatable bonds is 3. The van der Waals surface area contributed by atoms with E-state index < -0.39 is 25.9 Å². The second kappa shape index (κ2) is 4.76. The van der Waals surface area contributed by atoms with Crippen LogP contribution in [-0.4, -0.2) is 29.4 Å². The van der Waals surface area contributed by atoms with E-state index in [1.54, 1.807) is 13.8 Å². The molecule has 0 spiro atoms. The smallest absolute Gasteiger partial charge is 0.220 e. The summed E-state index contributed by atoms with van der Waals surface area (Å²) in [6.45, 7) is 8.70. The SMILES string of the molecule is CC(C)(C)NS(=O)(=O)C(C)(C)C1(O)CCCCC1. The number of aliphatic hydroxyl groups is 1. The summed E-state index contributed by atoms with van der Waals surface area (Å²) in [4.78, 5) is 0. The topological polar surface area (TPSA) is 66.4 Å². The van der Waals surface area contributed by atoms with Crippen molar-refractivity contribution in [2.45, 2.75) is 82.6 Å². The van der Waals surface area contributed by atoms with Gasteiger partial charge < -0.3 is 5.11 Å². The highest BCUT2D eigenvalue weighted by molar-refractivity contribution is 7.91. The Bertz CT molecular complexity index is 387. The third-order valence-corrected chi connectivity index (χ3v) is 6.52. The van der Waals surface area contributed by atoms with Gasteiger partial charge in [0, 0.05) is 5.54 Å². The Labute approximate surface area is 111 Å². The van der Waals surface area contributed by atoms with Crippen molar-refractivity contribution in [2.24, 2.45) is 0 Å². The molecule has 108 valence electrons. The van der Waals surface area contributed by atoms with Gasteiger partial charge in [-0.1, -0.05) is 19.3 Å². The van der Waals surface area contributed by atoms with E-state index >= 15 is 0 Å². The van der Waals surface area contributed by atoms with Gasteiger partial charge in [0.25, 0.3) is 0 Å². The molecule has 0 unspecified atom stereocenters. The number of hydrogen-bond donors (Lipinski definition) is 2. The van der Waals surface area contributed by atoms with E-state index in [1.807, 2.05) is 20.8 Å². The summed E-state index contributed by atoms with van der Waals surface area (Å²) in [5.74, 6) is 0. The molecule has 1 aliphatic rings. The second-order valence-corrected chi connectivity index (χ2v) is 9.19. The lowest BCUT2D eigenvalue weighted by molar-refractivity contribution is -0.0258. The predicted molar refractivity (Wildman–Crippen MR) is 73.9 cm³/mol. The molecule has 0 bridgehead atoms. The summed E-state index contributed by atoms with van der Waals surface area (Å²) in [7, 11) is -3.58. The highest BCUT2D eigenvalue weighted by atomic mass is 32.2. The van der Waals surface area contributed by atoms with Crippen LogP contribution in [0.5, 0.6) is 0 Å². The van der Waals surface area contributed by atoms with E-state index in [0.717, 1.165) is 19.3 Å². The van der Waals surface area contributed by atoms with E-state index in [2.05, 4.69) is 4.72 Å². The molecular weight excluding hydrogens is 250 g/mol. The first-order valence-electron chi connectivity index (χ1n) is 6.67. The minimum absolute atomic E-state index is 0.527. The Hall–Kier alpha value is -0.130. The average Bonchev–Trinajstić information content (AvgIpc) is 2.14. The summed E-state index contributed by atoms with van der Waals surface area (Å²) < 4.78 is 26.5. The average molecular weight is 277 g/mol. The first kappa shape index (κ1) is 15.9. The quantitative estimate of drug-likeness (QED) is 0.831. The van der Waals surface area contributed by atoms with Crippen molar-refractivity contribution in [3.8, 4) is 0 Å². The molecule has 1 aliphatic carbocycles. The largest absolute Gasteiger partial charge is 0.388 e. The molecule has 0 heterocycles. The summed E-state index contributed by atoms with van der Waals surface area (Å²) >= 11 is 0. The minimum Gasteiger partial charge on any atom is -0.388 e. The lowest BCUT2D eigenvalue weighted by Crippen LogP contribution is -2.61. The number of sulfonamides is 1. The molecule has 1 rings (SSSR count). The van der Waals surface area contributed by atoms with Crippen molar-refractivity contribution < 1.29 is 13.5 Å². The van der Waals surface area contributed by atoms with Gasteiger partial charge in [0.15, 0.2) is 0 Å². The molecule has 1 fully saturated rings. The fourth-order valence-corrected chi connectivity index (χ4v) is 4.29. The number of hydrogen-bond acceptors (Lipinski definition) is 3. The van der Waals surface area contributed by atoms with Crippen LogP contribution in [0, 0.1) is 0 Å². The molecule has 0 aromatic carbocycles. The zero-order valence-corrected chi connectivity index (χ0v) is 13.0. The molecule has 0 aromatic heterocycles. The van der Waals surface area contributed by atoms with Crippen LogP contribution in [0.25, 0.3) is 0 Å². The van der Waals surface area contributed by atoms with Crippen LogP contribution in [0.4, 0.5) is 0 Å². The number of nitrogens with one attached hydrogen (secondary N) is 1. The molecule has 0 aliphatic heterocycles. The molecule has 0 atom stereocenters. The lowest BCUT2D eigenvalue weighted by Gasteiger charge is -2.45. The molecule has 4 nitrogen and oxygen atoms in total. The zero-order valence-electron chi connectivity index (χ0n) is 12.2. The van der Waals surface area contributed by atoms with Crippen LogP contribution in [0.1, 0.15) is 66.7 Å². The summed E-state index contributed by atoms with van der Waals surface area (Å²) in [6.07, 6.45) is 3.98. The molecular formula is C13H27NO3S. The zero-order chi connectivity index (χ0) is 14.2. The molecule has 5 heteroatoms. The van der Waals surface area contributed by atoms with Crippen LogP contribution < -0.4 is 4.72 Å². The maximum Gasteiger partial charge on any atom is 0.220 e. The van der Waals surface area contributed by atoms with Crippen molar-refractivity contribution in [3.63, 3.8) is 0 Å². The van der Waals surface area contributed by atoms with Gasteiger partial charge in [0.2, 0.25) is 10.0 Å². The summed E-state index contributed by atoms with van der Waals surface area (Å²) in [6, 6.07) is 0. The van der Waals surface area contributed by atoms with Crippen LogP contribution in [0.15, 0.2) is 0 Å². The van der Waals surface area contributed by atoms with Crippen molar-refractivity contribution in [3.05, 3.63) is 0 Å². The minimum atomic E-state index is -3.58. The van der Waals surface area contributed by atoms with Crippen LogP contribution in [0.3, 0.4) is 0 Å². The Morgan fingerprint density at radius 1 is 1.00 bits per heavy atom. The Kier molecular flexibility index (Phi) is 4.21. The molecule has 18 heavy (non-hydrogen) atoms. The summed E-state index contributed by atoms with van der Waals surface area (Å²) in [5, 5.41) is 10.7. The van der Waals surface area contributed by atoms with Crippen LogP contribution >= 0.6 is 0 Å². The van der Waals surface area contributed by atoms with E-state index in [0.29, 0.717) is 12.8 Å². The normalized spacial score (nSPS) is 21.9. The molecule has 0 amide bonds. The standard InChI is InChI=1S/C13H27NO3S/c1-11(2,3)14-18(16,17)12(4,5)13(15)9-7-6-8-10-13/h14-15H,6-10H2,1-5H3. The van der Waals surface area contributed by atoms with Crippen molar-refractivity contribution in [2.75, 3.05) is 0 Å². The van der Waals surface area contributed by atoms with Crippen molar-refractivity contribution in [1.29, 1.82) is 0 Å². The summed E-state index contributed by atoms with van der Waals surface area (Å²) in [5.41, 5.74) is -1.65. The van der Waals surface area contributed by atoms with Crippen molar-refractivity contribution >= 4 is 10.0 Å². The predicted octanol–water partition coefficient (Wildman–Crippen LogP) is 2.18. The third kappa shape index (κ3) is 3.06. The van der Waals surface area contributed by atoms with Crippen LogP contribution in [-0.2, 0) is 10.0 Å². The first-order valence-corrected chi connectivity index (χ1v) is 8.16. The monoisotopic (exact) mass is 277 g/mol. The van der Waals surface area contributed by atoms with Gasteiger partial charge in [-0.15, -0.1) is 0 Å².